The van der Waals surface area contributed by atoms with E-state index < -0.39 is 0 Å². The third-order valence-corrected chi connectivity index (χ3v) is 3.26. The van der Waals surface area contributed by atoms with Gasteiger partial charge in [0, 0.05) is 17.2 Å². The number of benzene rings is 2. The van der Waals surface area contributed by atoms with Crippen molar-refractivity contribution in [1.29, 1.82) is 0 Å². The Morgan fingerprint density at radius 3 is 2.33 bits per heavy atom. The molecule has 3 rings (SSSR count). The second-order valence-corrected chi connectivity index (χ2v) is 4.59. The maximum absolute atomic E-state index is 11.6. The van der Waals surface area contributed by atoms with Crippen LogP contribution >= 0.6 is 0 Å². The molecule has 0 saturated carbocycles. The molecule has 0 aliphatic carbocycles. The van der Waals surface area contributed by atoms with Crippen molar-refractivity contribution in [3.63, 3.8) is 0 Å². The van der Waals surface area contributed by atoms with Crippen molar-refractivity contribution in [2.45, 2.75) is 0 Å². The summed E-state index contributed by atoms with van der Waals surface area (Å²) in [4.78, 5) is 11.6. The molecule has 4 nitrogen and oxygen atoms in total. The Labute approximate surface area is 122 Å². The highest BCUT2D eigenvalue weighted by Gasteiger charge is 2.10. The molecule has 0 atom stereocenters. The van der Waals surface area contributed by atoms with E-state index in [-0.39, 0.29) is 5.56 Å². The summed E-state index contributed by atoms with van der Waals surface area (Å²) in [7, 11) is 1.62. The molecule has 104 valence electrons. The molecular formula is C17H14N2O2. The largest absolute Gasteiger partial charge is 0.497 e. The fourth-order valence-corrected chi connectivity index (χ4v) is 2.21. The zero-order chi connectivity index (χ0) is 14.7. The minimum atomic E-state index is -0.222. The van der Waals surface area contributed by atoms with Gasteiger partial charge in [0.05, 0.1) is 12.8 Å². The first-order valence-electron chi connectivity index (χ1n) is 6.57. The normalized spacial score (nSPS) is 10.3. The van der Waals surface area contributed by atoms with Crippen molar-refractivity contribution < 1.29 is 4.74 Å². The molecule has 0 bridgehead atoms. The van der Waals surface area contributed by atoms with Gasteiger partial charge in [-0.3, -0.25) is 4.79 Å². The van der Waals surface area contributed by atoms with Crippen LogP contribution in [0.3, 0.4) is 0 Å². The van der Waals surface area contributed by atoms with Crippen LogP contribution in [-0.2, 0) is 0 Å². The quantitative estimate of drug-likeness (QED) is 0.801. The summed E-state index contributed by atoms with van der Waals surface area (Å²) in [6.45, 7) is 0. The van der Waals surface area contributed by atoms with Gasteiger partial charge in [0.2, 0.25) is 0 Å². The molecule has 0 aliphatic heterocycles. The van der Waals surface area contributed by atoms with Crippen LogP contribution in [0.5, 0.6) is 5.75 Å². The molecule has 1 aromatic heterocycles. The molecular weight excluding hydrogens is 264 g/mol. The lowest BCUT2D eigenvalue weighted by molar-refractivity contribution is 0.415. The fourth-order valence-electron chi connectivity index (χ4n) is 2.21. The number of nitrogens with zero attached hydrogens (tertiary/aromatic N) is 1. The number of hydrogen-bond acceptors (Lipinski definition) is 3. The van der Waals surface area contributed by atoms with Crippen LogP contribution in [0.25, 0.3) is 22.4 Å². The van der Waals surface area contributed by atoms with Crippen LogP contribution in [0.4, 0.5) is 0 Å². The van der Waals surface area contributed by atoms with Crippen LogP contribution in [-0.4, -0.2) is 17.3 Å². The van der Waals surface area contributed by atoms with Gasteiger partial charge in [-0.1, -0.05) is 42.5 Å². The predicted molar refractivity (Wildman–Crippen MR) is 82.3 cm³/mol. The molecule has 1 N–H and O–H groups in total. The van der Waals surface area contributed by atoms with E-state index >= 15 is 0 Å². The van der Waals surface area contributed by atoms with E-state index in [0.717, 1.165) is 28.1 Å². The highest BCUT2D eigenvalue weighted by molar-refractivity contribution is 5.80. The summed E-state index contributed by atoms with van der Waals surface area (Å²) in [5.41, 5.74) is 3.21. The van der Waals surface area contributed by atoms with Gasteiger partial charge in [-0.2, -0.15) is 5.10 Å². The van der Waals surface area contributed by atoms with Crippen LogP contribution in [0.2, 0.25) is 0 Å². The molecule has 2 aromatic carbocycles. The van der Waals surface area contributed by atoms with E-state index in [2.05, 4.69) is 10.2 Å². The minimum Gasteiger partial charge on any atom is -0.497 e. The SMILES string of the molecule is COc1ccc(-c2cc(=O)[nH]nc2-c2ccccc2)cc1. The number of aromatic nitrogens is 2. The number of rotatable bonds is 3. The summed E-state index contributed by atoms with van der Waals surface area (Å²) in [6.07, 6.45) is 0. The van der Waals surface area contributed by atoms with Crippen molar-refractivity contribution in [3.05, 3.63) is 71.0 Å². The van der Waals surface area contributed by atoms with Gasteiger partial charge in [-0.25, -0.2) is 5.10 Å². The standard InChI is InChI=1S/C17H14N2O2/c1-21-14-9-7-12(8-10-14)15-11-16(20)18-19-17(15)13-5-3-2-4-6-13/h2-11H,1H3,(H,18,20). The van der Waals surface area contributed by atoms with Gasteiger partial charge in [0.25, 0.3) is 5.56 Å². The molecule has 0 aliphatic rings. The van der Waals surface area contributed by atoms with Crippen molar-refractivity contribution in [2.24, 2.45) is 0 Å². The van der Waals surface area contributed by atoms with E-state index in [4.69, 9.17) is 4.74 Å². The van der Waals surface area contributed by atoms with Crippen LogP contribution in [0, 0.1) is 0 Å². The summed E-state index contributed by atoms with van der Waals surface area (Å²) in [6, 6.07) is 18.9. The molecule has 1 heterocycles. The van der Waals surface area contributed by atoms with Crippen molar-refractivity contribution in [2.75, 3.05) is 7.11 Å². The molecule has 0 radical (unpaired) electrons. The Morgan fingerprint density at radius 1 is 0.952 bits per heavy atom. The van der Waals surface area contributed by atoms with E-state index in [1.165, 1.54) is 0 Å². The Balaban J connectivity index is 2.16. The molecule has 0 spiro atoms. The number of methoxy groups -OCH3 is 1. The molecule has 3 aromatic rings. The maximum Gasteiger partial charge on any atom is 0.264 e. The highest BCUT2D eigenvalue weighted by Crippen LogP contribution is 2.29. The fraction of sp³-hybridized carbons (Fsp3) is 0.0588. The molecule has 0 fully saturated rings. The second-order valence-electron chi connectivity index (χ2n) is 4.59. The van der Waals surface area contributed by atoms with E-state index in [0.29, 0.717) is 0 Å². The van der Waals surface area contributed by atoms with Crippen molar-refractivity contribution in [1.82, 2.24) is 10.2 Å². The Bertz CT molecular complexity index is 793. The third-order valence-electron chi connectivity index (χ3n) is 3.26. The summed E-state index contributed by atoms with van der Waals surface area (Å²) in [5, 5.41) is 6.70. The van der Waals surface area contributed by atoms with Crippen LogP contribution in [0.1, 0.15) is 0 Å². The molecule has 4 heteroatoms. The monoisotopic (exact) mass is 278 g/mol. The average molecular weight is 278 g/mol. The number of hydrogen-bond donors (Lipinski definition) is 1. The summed E-state index contributed by atoms with van der Waals surface area (Å²) >= 11 is 0. The molecule has 0 saturated heterocycles. The maximum atomic E-state index is 11.6. The zero-order valence-corrected chi connectivity index (χ0v) is 11.5. The van der Waals surface area contributed by atoms with Gasteiger partial charge >= 0.3 is 0 Å². The Hall–Kier alpha value is -2.88. The molecule has 0 unspecified atom stereocenters. The smallest absolute Gasteiger partial charge is 0.264 e. The molecule has 21 heavy (non-hydrogen) atoms. The van der Waals surface area contributed by atoms with Crippen LogP contribution in [0.15, 0.2) is 65.5 Å². The summed E-state index contributed by atoms with van der Waals surface area (Å²) in [5.74, 6) is 0.776. The first-order chi connectivity index (χ1) is 10.3. The second kappa shape index (κ2) is 5.63. The van der Waals surface area contributed by atoms with Gasteiger partial charge in [0.15, 0.2) is 0 Å². The van der Waals surface area contributed by atoms with Gasteiger partial charge in [-0.05, 0) is 17.7 Å². The number of H-pyrrole nitrogens is 1. The lowest BCUT2D eigenvalue weighted by Gasteiger charge is -2.08. The third kappa shape index (κ3) is 2.69. The predicted octanol–water partition coefficient (Wildman–Crippen LogP) is 3.11. The van der Waals surface area contributed by atoms with Gasteiger partial charge in [0.1, 0.15) is 5.75 Å². The van der Waals surface area contributed by atoms with E-state index in [9.17, 15) is 4.79 Å². The lowest BCUT2D eigenvalue weighted by Crippen LogP contribution is -2.08. The van der Waals surface area contributed by atoms with Gasteiger partial charge in [-0.15, -0.1) is 0 Å². The van der Waals surface area contributed by atoms with E-state index in [1.54, 1.807) is 13.2 Å². The zero-order valence-electron chi connectivity index (χ0n) is 11.5. The van der Waals surface area contributed by atoms with E-state index in [1.807, 2.05) is 54.6 Å². The average Bonchev–Trinajstić information content (AvgIpc) is 2.56. The lowest BCUT2D eigenvalue weighted by atomic mass is 10.00. The topological polar surface area (TPSA) is 55.0 Å². The first-order valence-corrected chi connectivity index (χ1v) is 6.57. The first kappa shape index (κ1) is 13.1. The van der Waals surface area contributed by atoms with Crippen molar-refractivity contribution in [3.8, 4) is 28.1 Å². The number of ether oxygens (including phenoxy) is 1. The summed E-state index contributed by atoms with van der Waals surface area (Å²) < 4.78 is 5.16. The highest BCUT2D eigenvalue weighted by atomic mass is 16.5. The Morgan fingerprint density at radius 2 is 1.67 bits per heavy atom. The van der Waals surface area contributed by atoms with Crippen LogP contribution < -0.4 is 10.3 Å². The minimum absolute atomic E-state index is 0.222. The number of aromatic amines is 1. The van der Waals surface area contributed by atoms with Gasteiger partial charge < -0.3 is 4.74 Å². The number of nitrogens with one attached hydrogen (secondary N) is 1. The molecule has 0 amide bonds. The van der Waals surface area contributed by atoms with Crippen molar-refractivity contribution >= 4 is 0 Å². The Kier molecular flexibility index (Phi) is 3.51.